The van der Waals surface area contributed by atoms with Crippen LogP contribution >= 0.6 is 0 Å². The number of hydrogen-bond donors (Lipinski definition) is 0. The molecule has 2 fully saturated rings. The summed E-state index contributed by atoms with van der Waals surface area (Å²) in [5.74, 6) is -0.589. The van der Waals surface area contributed by atoms with Crippen LogP contribution in [0.4, 0.5) is 4.39 Å². The Labute approximate surface area is 122 Å². The highest BCUT2D eigenvalue weighted by Gasteiger charge is 2.47. The Kier molecular flexibility index (Phi) is 4.16. The maximum Gasteiger partial charge on any atom is 0.334 e. The van der Waals surface area contributed by atoms with Gasteiger partial charge in [-0.05, 0) is 24.3 Å². The van der Waals surface area contributed by atoms with Crippen LogP contribution in [0.3, 0.4) is 0 Å². The van der Waals surface area contributed by atoms with E-state index in [9.17, 15) is 9.18 Å². The van der Waals surface area contributed by atoms with Crippen LogP contribution in [0, 0.1) is 5.92 Å². The van der Waals surface area contributed by atoms with Crippen molar-refractivity contribution in [3.8, 4) is 0 Å². The van der Waals surface area contributed by atoms with Gasteiger partial charge in [0.15, 0.2) is 0 Å². The second-order valence-electron chi connectivity index (χ2n) is 7.84. The molecule has 1 saturated heterocycles. The lowest BCUT2D eigenvalue weighted by atomic mass is 9.91. The van der Waals surface area contributed by atoms with Crippen LogP contribution in [0.1, 0.15) is 46.5 Å². The van der Waals surface area contributed by atoms with Gasteiger partial charge in [0.05, 0.1) is 14.0 Å². The Hall–Kier alpha value is -0.643. The summed E-state index contributed by atoms with van der Waals surface area (Å²) in [5.41, 5.74) is 2.74. The normalized spacial score (nSPS) is 33.8. The summed E-state index contributed by atoms with van der Waals surface area (Å²) in [6.07, 6.45) is 2.08. The number of carbonyl (C=O) groups is 1. The monoisotopic (exact) mass is 298 g/mol. The lowest BCUT2D eigenvalue weighted by molar-refractivity contribution is -0.139. The largest absolute Gasteiger partial charge is 0.458 e. The molecule has 2 aliphatic rings. The van der Waals surface area contributed by atoms with Gasteiger partial charge in [-0.15, -0.1) is 0 Å². The summed E-state index contributed by atoms with van der Waals surface area (Å²) in [5, 5.41) is 0.148. The van der Waals surface area contributed by atoms with Crippen LogP contribution in [-0.4, -0.2) is 26.3 Å². The van der Waals surface area contributed by atoms with E-state index in [2.05, 4.69) is 39.6 Å². The van der Waals surface area contributed by atoms with Crippen molar-refractivity contribution in [2.75, 3.05) is 0 Å². The number of fused-ring (bicyclic) bond motifs is 1. The first kappa shape index (κ1) is 15.7. The third-order valence-corrected chi connectivity index (χ3v) is 10.2. The Balaban J connectivity index is 2.36. The topological polar surface area (TPSA) is 26.3 Å². The SMILES string of the molecule is CC(C)(C)[Si](C)(C)/C=C1\C(=O)O[C@H]2CCCC[C@H](F)[C@@H]12. The van der Waals surface area contributed by atoms with E-state index in [0.717, 1.165) is 19.3 Å². The number of esters is 1. The summed E-state index contributed by atoms with van der Waals surface area (Å²) in [7, 11) is -1.76. The van der Waals surface area contributed by atoms with E-state index in [1.165, 1.54) is 0 Å². The standard InChI is InChI=1S/C16H27FO2Si/c1-16(2,3)20(4,5)10-11-14-12(17)8-6-7-9-13(14)19-15(11)18/h10,12-14H,6-9H2,1-5H3/b11-10-/t12-,13-,14+/m0/s1. The summed E-state index contributed by atoms with van der Waals surface area (Å²) >= 11 is 0. The van der Waals surface area contributed by atoms with Crippen molar-refractivity contribution in [2.24, 2.45) is 5.92 Å². The molecule has 3 atom stereocenters. The van der Waals surface area contributed by atoms with Crippen molar-refractivity contribution in [1.29, 1.82) is 0 Å². The van der Waals surface area contributed by atoms with Gasteiger partial charge in [-0.3, -0.25) is 0 Å². The molecular weight excluding hydrogens is 271 g/mol. The van der Waals surface area contributed by atoms with Gasteiger partial charge in [0.2, 0.25) is 0 Å². The minimum Gasteiger partial charge on any atom is -0.458 e. The van der Waals surface area contributed by atoms with Gasteiger partial charge in [0, 0.05) is 5.57 Å². The number of hydrogen-bond acceptors (Lipinski definition) is 2. The number of rotatable bonds is 1. The summed E-state index contributed by atoms with van der Waals surface area (Å²) in [6.45, 7) is 11.1. The van der Waals surface area contributed by atoms with Gasteiger partial charge in [-0.25, -0.2) is 9.18 Å². The minimum absolute atomic E-state index is 0.148. The predicted octanol–water partition coefficient (Wildman–Crippen LogP) is 4.41. The molecule has 0 aromatic carbocycles. The van der Waals surface area contributed by atoms with E-state index in [-0.39, 0.29) is 23.0 Å². The Bertz CT molecular complexity index is 423. The number of ether oxygens (including phenoxy) is 1. The molecule has 1 aliphatic heterocycles. The highest BCUT2D eigenvalue weighted by molar-refractivity contribution is 6.85. The van der Waals surface area contributed by atoms with Crippen molar-refractivity contribution in [2.45, 2.75) is 76.9 Å². The Morgan fingerprint density at radius 3 is 2.45 bits per heavy atom. The molecule has 0 radical (unpaired) electrons. The zero-order valence-electron chi connectivity index (χ0n) is 13.3. The molecule has 0 amide bonds. The molecule has 1 aliphatic carbocycles. The summed E-state index contributed by atoms with van der Waals surface area (Å²) in [6, 6.07) is 0. The molecule has 0 unspecified atom stereocenters. The summed E-state index contributed by atoms with van der Waals surface area (Å²) < 4.78 is 19.9. The molecule has 2 nitrogen and oxygen atoms in total. The molecule has 114 valence electrons. The van der Waals surface area contributed by atoms with E-state index in [1.807, 2.05) is 0 Å². The highest BCUT2D eigenvalue weighted by atomic mass is 28.3. The molecule has 1 heterocycles. The lowest BCUT2D eigenvalue weighted by Crippen LogP contribution is -2.37. The van der Waals surface area contributed by atoms with E-state index in [0.29, 0.717) is 12.0 Å². The van der Waals surface area contributed by atoms with Gasteiger partial charge in [-0.2, -0.15) is 0 Å². The molecule has 2 rings (SSSR count). The maximum absolute atomic E-state index is 14.4. The third-order valence-electron chi connectivity index (χ3n) is 5.31. The van der Waals surface area contributed by atoms with Crippen molar-refractivity contribution in [1.82, 2.24) is 0 Å². The first-order valence-corrected chi connectivity index (χ1v) is 10.8. The molecule has 20 heavy (non-hydrogen) atoms. The van der Waals surface area contributed by atoms with E-state index < -0.39 is 14.2 Å². The Morgan fingerprint density at radius 2 is 1.85 bits per heavy atom. The molecule has 0 aromatic heterocycles. The average Bonchev–Trinajstić information content (AvgIpc) is 2.48. The van der Waals surface area contributed by atoms with Crippen molar-refractivity contribution in [3.63, 3.8) is 0 Å². The Morgan fingerprint density at radius 1 is 1.25 bits per heavy atom. The lowest BCUT2D eigenvalue weighted by Gasteiger charge is -2.35. The van der Waals surface area contributed by atoms with Crippen molar-refractivity contribution in [3.05, 3.63) is 11.3 Å². The average molecular weight is 298 g/mol. The van der Waals surface area contributed by atoms with Crippen LogP contribution in [0.25, 0.3) is 0 Å². The molecular formula is C16H27FO2Si. The highest BCUT2D eigenvalue weighted by Crippen LogP contribution is 2.43. The van der Waals surface area contributed by atoms with Crippen LogP contribution in [0.2, 0.25) is 18.1 Å². The summed E-state index contributed by atoms with van der Waals surface area (Å²) in [4.78, 5) is 12.2. The predicted molar refractivity (Wildman–Crippen MR) is 82.0 cm³/mol. The number of halogens is 1. The molecule has 0 bridgehead atoms. The molecule has 0 aromatic rings. The van der Waals surface area contributed by atoms with Crippen LogP contribution in [-0.2, 0) is 9.53 Å². The van der Waals surface area contributed by atoms with Crippen LogP contribution in [0.15, 0.2) is 11.3 Å². The van der Waals surface area contributed by atoms with Crippen LogP contribution in [0.5, 0.6) is 0 Å². The fraction of sp³-hybridized carbons (Fsp3) is 0.812. The number of alkyl halides is 1. The van der Waals surface area contributed by atoms with Gasteiger partial charge in [0.1, 0.15) is 12.3 Å². The van der Waals surface area contributed by atoms with Gasteiger partial charge >= 0.3 is 5.97 Å². The second kappa shape index (κ2) is 5.28. The fourth-order valence-corrected chi connectivity index (χ4v) is 4.43. The van der Waals surface area contributed by atoms with E-state index in [4.69, 9.17) is 4.74 Å². The zero-order chi connectivity index (χ0) is 15.1. The van der Waals surface area contributed by atoms with E-state index in [1.54, 1.807) is 0 Å². The van der Waals surface area contributed by atoms with Crippen LogP contribution < -0.4 is 0 Å². The zero-order valence-corrected chi connectivity index (χ0v) is 14.3. The molecule has 0 N–H and O–H groups in total. The van der Waals surface area contributed by atoms with Gasteiger partial charge in [0.25, 0.3) is 0 Å². The third kappa shape index (κ3) is 2.85. The first-order chi connectivity index (χ1) is 9.13. The molecule has 0 spiro atoms. The molecule has 4 heteroatoms. The molecule has 1 saturated carbocycles. The van der Waals surface area contributed by atoms with Gasteiger partial charge in [-0.1, -0.05) is 46.0 Å². The minimum atomic E-state index is -1.76. The number of carbonyl (C=O) groups excluding carboxylic acids is 1. The fourth-order valence-electron chi connectivity index (χ4n) is 2.91. The van der Waals surface area contributed by atoms with Gasteiger partial charge < -0.3 is 4.74 Å². The van der Waals surface area contributed by atoms with Crippen molar-refractivity contribution >= 4 is 14.0 Å². The maximum atomic E-state index is 14.4. The smallest absolute Gasteiger partial charge is 0.334 e. The van der Waals surface area contributed by atoms with Crippen molar-refractivity contribution < 1.29 is 13.9 Å². The first-order valence-electron chi connectivity index (χ1n) is 7.71. The van der Waals surface area contributed by atoms with E-state index >= 15 is 0 Å². The second-order valence-corrected chi connectivity index (χ2v) is 13.1. The quantitative estimate of drug-likeness (QED) is 0.407.